The fraction of sp³-hybridized carbons (Fsp3) is 0.200. The molecule has 0 aromatic carbocycles. The molecule has 1 nitrogen and oxygen atoms in total. The number of hydrogen-bond acceptors (Lipinski definition) is 0. The molecule has 0 aliphatic heterocycles. The molecule has 0 fully saturated rings. The predicted octanol–water partition coefficient (Wildman–Crippen LogP) is 1.44. The minimum absolute atomic E-state index is 0.802. The van der Waals surface area contributed by atoms with E-state index >= 15 is 0 Å². The van der Waals surface area contributed by atoms with E-state index in [4.69, 9.17) is 0 Å². The lowest BCUT2D eigenvalue weighted by Gasteiger charge is -1.84. The number of alkyl halides is 1. The van der Waals surface area contributed by atoms with Crippen molar-refractivity contribution in [3.8, 4) is 0 Å². The lowest BCUT2D eigenvalue weighted by molar-refractivity contribution is 0.914. The molecule has 36 valence electrons. The van der Waals surface area contributed by atoms with Crippen molar-refractivity contribution in [2.45, 2.75) is 5.45 Å². The molecule has 0 spiro atoms. The normalized spacial score (nSPS) is 8.14. The third kappa shape index (κ3) is 0.971. The molecular formula is C5H4BrN. The van der Waals surface area contributed by atoms with Gasteiger partial charge < -0.3 is 0 Å². The molecule has 0 aliphatic rings. The Morgan fingerprint density at radius 1 is 1.71 bits per heavy atom. The molecule has 1 aromatic heterocycles. The van der Waals surface area contributed by atoms with Gasteiger partial charge in [-0.25, -0.2) is 0 Å². The Labute approximate surface area is 51.1 Å². The fourth-order valence-corrected chi connectivity index (χ4v) is 0.647. The zero-order chi connectivity index (χ0) is 5.11. The van der Waals surface area contributed by atoms with Gasteiger partial charge in [0.1, 0.15) is 0 Å². The third-order valence-electron chi connectivity index (χ3n) is 0.675. The molecule has 1 aromatic rings. The van der Waals surface area contributed by atoms with Crippen LogP contribution < -0.4 is 0 Å². The van der Waals surface area contributed by atoms with Gasteiger partial charge in [-0.3, -0.25) is 4.57 Å². The second kappa shape index (κ2) is 2.04. The summed E-state index contributed by atoms with van der Waals surface area (Å²) in [5.41, 5.74) is 0.802. The fourth-order valence-electron chi connectivity index (χ4n) is 0.354. The van der Waals surface area contributed by atoms with Crippen LogP contribution in [0.2, 0.25) is 0 Å². The Bertz CT molecular complexity index is 123. The van der Waals surface area contributed by atoms with E-state index in [9.17, 15) is 0 Å². The number of aromatic nitrogens is 1. The highest BCUT2D eigenvalue weighted by molar-refractivity contribution is 9.08. The Morgan fingerprint density at radius 3 is 2.86 bits per heavy atom. The molecule has 0 amide bonds. The summed E-state index contributed by atoms with van der Waals surface area (Å²) in [4.78, 5) is 0. The molecule has 0 atom stereocenters. The molecule has 2 heteroatoms. The van der Waals surface area contributed by atoms with E-state index in [0.29, 0.717) is 0 Å². The molecular weight excluding hydrogens is 154 g/mol. The molecule has 0 radical (unpaired) electrons. The van der Waals surface area contributed by atoms with E-state index in [0.717, 1.165) is 5.45 Å². The summed E-state index contributed by atoms with van der Waals surface area (Å²) in [6, 6.07) is 4.61. The lowest BCUT2D eigenvalue weighted by Crippen LogP contribution is -1.81. The summed E-state index contributed by atoms with van der Waals surface area (Å²) in [6.45, 7) is 0. The van der Waals surface area contributed by atoms with E-state index in [-0.39, 0.29) is 0 Å². The first-order valence-corrected chi connectivity index (χ1v) is 3.06. The number of nitrogens with zero attached hydrogens (tertiary/aromatic N) is 1. The zero-order valence-electron chi connectivity index (χ0n) is 3.69. The smallest absolute Gasteiger partial charge is 0.0860 e. The van der Waals surface area contributed by atoms with Crippen LogP contribution in [0.5, 0.6) is 0 Å². The summed E-state index contributed by atoms with van der Waals surface area (Å²) >= 11 is 3.25. The van der Waals surface area contributed by atoms with Crippen LogP contribution >= 0.6 is 15.9 Å². The van der Waals surface area contributed by atoms with Crippen LogP contribution in [-0.4, -0.2) is 4.57 Å². The summed E-state index contributed by atoms with van der Waals surface area (Å²) in [6.07, 6.45) is 4.73. The van der Waals surface area contributed by atoms with Crippen molar-refractivity contribution in [3.63, 3.8) is 0 Å². The highest BCUT2D eigenvalue weighted by Gasteiger charge is 1.74. The second-order valence-corrected chi connectivity index (χ2v) is 1.66. The van der Waals surface area contributed by atoms with E-state index in [1.165, 1.54) is 0 Å². The van der Waals surface area contributed by atoms with Gasteiger partial charge in [0.2, 0.25) is 0 Å². The van der Waals surface area contributed by atoms with Gasteiger partial charge in [-0.1, -0.05) is 15.9 Å². The Hall–Kier alpha value is -0.420. The first-order chi connectivity index (χ1) is 3.43. The molecule has 0 unspecified atom stereocenters. The van der Waals surface area contributed by atoms with Crippen LogP contribution in [0.4, 0.5) is 0 Å². The Morgan fingerprint density at radius 2 is 2.57 bits per heavy atom. The van der Waals surface area contributed by atoms with Gasteiger partial charge in [0.15, 0.2) is 0 Å². The number of rotatable bonds is 1. The Kier molecular flexibility index (Phi) is 1.38. The van der Waals surface area contributed by atoms with Crippen molar-refractivity contribution >= 4 is 15.9 Å². The number of hydrogen-bond donors (Lipinski definition) is 0. The van der Waals surface area contributed by atoms with Crippen LogP contribution in [0.15, 0.2) is 12.3 Å². The van der Waals surface area contributed by atoms with Crippen molar-refractivity contribution in [2.24, 2.45) is 0 Å². The van der Waals surface area contributed by atoms with E-state index in [1.807, 2.05) is 16.8 Å². The van der Waals surface area contributed by atoms with Gasteiger partial charge >= 0.3 is 0 Å². The van der Waals surface area contributed by atoms with E-state index in [2.05, 4.69) is 28.2 Å². The van der Waals surface area contributed by atoms with Crippen molar-refractivity contribution in [1.29, 1.82) is 0 Å². The molecule has 1 heterocycles. The topological polar surface area (TPSA) is 4.93 Å². The van der Waals surface area contributed by atoms with Crippen LogP contribution in [0, 0.1) is 12.3 Å². The van der Waals surface area contributed by atoms with Crippen LogP contribution in [-0.2, 0) is 5.45 Å². The third-order valence-corrected chi connectivity index (χ3v) is 1.22. The van der Waals surface area contributed by atoms with Gasteiger partial charge in [0.05, 0.1) is 5.45 Å². The van der Waals surface area contributed by atoms with Gasteiger partial charge in [-0.2, -0.15) is 0 Å². The van der Waals surface area contributed by atoms with Crippen molar-refractivity contribution in [1.82, 2.24) is 4.57 Å². The molecule has 0 aliphatic carbocycles. The predicted molar refractivity (Wildman–Crippen MR) is 31.0 cm³/mol. The lowest BCUT2D eigenvalue weighted by atomic mass is 10.8. The first kappa shape index (κ1) is 4.73. The van der Waals surface area contributed by atoms with Crippen molar-refractivity contribution < 1.29 is 0 Å². The summed E-state index contributed by atoms with van der Waals surface area (Å²) in [7, 11) is 0. The molecule has 7 heavy (non-hydrogen) atoms. The molecule has 1 rings (SSSR count). The largest absolute Gasteiger partial charge is 0.297 e. The van der Waals surface area contributed by atoms with Crippen LogP contribution in [0.3, 0.4) is 0 Å². The highest BCUT2D eigenvalue weighted by atomic mass is 79.9. The number of halogens is 1. The maximum absolute atomic E-state index is 3.25. The second-order valence-electron chi connectivity index (χ2n) is 1.16. The monoisotopic (exact) mass is 157 g/mol. The molecule has 0 N–H and O–H groups in total. The maximum atomic E-state index is 3.25. The average molecular weight is 158 g/mol. The van der Waals surface area contributed by atoms with Crippen molar-refractivity contribution in [3.05, 3.63) is 24.5 Å². The molecule has 0 saturated carbocycles. The summed E-state index contributed by atoms with van der Waals surface area (Å²) in [5.74, 6) is 0. The minimum Gasteiger partial charge on any atom is -0.297 e. The van der Waals surface area contributed by atoms with E-state index in [1.54, 1.807) is 0 Å². The maximum Gasteiger partial charge on any atom is 0.0860 e. The zero-order valence-corrected chi connectivity index (χ0v) is 5.27. The van der Waals surface area contributed by atoms with Gasteiger partial charge in [-0.15, -0.1) is 0 Å². The Balaban J connectivity index is 2.76. The average Bonchev–Trinajstić information content (AvgIpc) is 2.14. The van der Waals surface area contributed by atoms with Gasteiger partial charge in [-0.05, 0) is 6.07 Å². The molecule has 0 bridgehead atoms. The van der Waals surface area contributed by atoms with Gasteiger partial charge in [0, 0.05) is 18.5 Å². The highest BCUT2D eigenvalue weighted by Crippen LogP contribution is 1.87. The molecule has 0 saturated heterocycles. The summed E-state index contributed by atoms with van der Waals surface area (Å²) < 4.78 is 1.86. The van der Waals surface area contributed by atoms with E-state index < -0.39 is 0 Å². The summed E-state index contributed by atoms with van der Waals surface area (Å²) in [5, 5.41) is 0. The minimum atomic E-state index is 0.802. The SMILES string of the molecule is BrCn1c#ccc1. The van der Waals surface area contributed by atoms with Gasteiger partial charge in [0.25, 0.3) is 0 Å². The quantitative estimate of drug-likeness (QED) is 0.545. The first-order valence-electron chi connectivity index (χ1n) is 1.94. The van der Waals surface area contributed by atoms with Crippen LogP contribution in [0.25, 0.3) is 0 Å². The van der Waals surface area contributed by atoms with Crippen molar-refractivity contribution in [2.75, 3.05) is 0 Å². The van der Waals surface area contributed by atoms with Crippen LogP contribution in [0.1, 0.15) is 0 Å². The standard InChI is InChI=1S/C5H4BrN/c6-5-7-3-1-2-4-7/h1,3H,5H2.